The fourth-order valence-corrected chi connectivity index (χ4v) is 2.59. The lowest BCUT2D eigenvalue weighted by atomic mass is 9.97. The number of rotatable bonds is 3. The molecular formula is C13H23N3. The second-order valence-electron chi connectivity index (χ2n) is 5.10. The molecule has 0 bridgehead atoms. The van der Waals surface area contributed by atoms with Gasteiger partial charge in [-0.3, -0.25) is 0 Å². The van der Waals surface area contributed by atoms with Crippen LogP contribution in [0.25, 0.3) is 0 Å². The van der Waals surface area contributed by atoms with E-state index in [1.165, 1.54) is 37.8 Å². The van der Waals surface area contributed by atoms with Crippen LogP contribution in [0.2, 0.25) is 0 Å². The van der Waals surface area contributed by atoms with Gasteiger partial charge in [-0.05, 0) is 18.8 Å². The molecule has 0 spiro atoms. The molecule has 1 aliphatic rings. The van der Waals surface area contributed by atoms with Gasteiger partial charge in [0, 0.05) is 25.8 Å². The van der Waals surface area contributed by atoms with Gasteiger partial charge in [0.1, 0.15) is 0 Å². The van der Waals surface area contributed by atoms with E-state index in [1.54, 1.807) is 0 Å². The predicted molar refractivity (Wildman–Crippen MR) is 66.1 cm³/mol. The smallest absolute Gasteiger partial charge is 0.0945 e. The first-order valence-electron chi connectivity index (χ1n) is 6.46. The van der Waals surface area contributed by atoms with E-state index in [0.717, 1.165) is 12.5 Å². The number of imidazole rings is 1. The van der Waals surface area contributed by atoms with E-state index in [-0.39, 0.29) is 0 Å². The third kappa shape index (κ3) is 2.85. The summed E-state index contributed by atoms with van der Waals surface area (Å²) in [6.07, 6.45) is 10.7. The molecule has 0 radical (unpaired) electrons. The molecule has 0 saturated heterocycles. The quantitative estimate of drug-likeness (QED) is 0.795. The predicted octanol–water partition coefficient (Wildman–Crippen LogP) is 2.48. The van der Waals surface area contributed by atoms with Gasteiger partial charge in [0.25, 0.3) is 0 Å². The molecule has 1 aromatic rings. The van der Waals surface area contributed by atoms with Crippen LogP contribution in [0.15, 0.2) is 12.5 Å². The molecule has 90 valence electrons. The van der Waals surface area contributed by atoms with Crippen LogP contribution in [0.1, 0.15) is 44.7 Å². The van der Waals surface area contributed by atoms with Crippen molar-refractivity contribution in [3.05, 3.63) is 18.2 Å². The van der Waals surface area contributed by atoms with Crippen molar-refractivity contribution in [2.75, 3.05) is 0 Å². The Morgan fingerprint density at radius 1 is 1.38 bits per heavy atom. The molecule has 2 unspecified atom stereocenters. The average molecular weight is 221 g/mol. The van der Waals surface area contributed by atoms with Gasteiger partial charge in [0.2, 0.25) is 0 Å². The monoisotopic (exact) mass is 221 g/mol. The number of hydrogen-bond acceptors (Lipinski definition) is 2. The lowest BCUT2D eigenvalue weighted by Gasteiger charge is -2.22. The second kappa shape index (κ2) is 5.48. The van der Waals surface area contributed by atoms with E-state index in [1.807, 2.05) is 12.5 Å². The van der Waals surface area contributed by atoms with Crippen LogP contribution < -0.4 is 5.32 Å². The minimum absolute atomic E-state index is 0.692. The van der Waals surface area contributed by atoms with Crippen LogP contribution in [-0.2, 0) is 13.6 Å². The average Bonchev–Trinajstić information content (AvgIpc) is 2.56. The van der Waals surface area contributed by atoms with Crippen LogP contribution >= 0.6 is 0 Å². The molecule has 16 heavy (non-hydrogen) atoms. The van der Waals surface area contributed by atoms with Gasteiger partial charge >= 0.3 is 0 Å². The molecule has 1 aromatic heterocycles. The van der Waals surface area contributed by atoms with Crippen molar-refractivity contribution in [3.63, 3.8) is 0 Å². The van der Waals surface area contributed by atoms with Gasteiger partial charge < -0.3 is 9.88 Å². The number of hydrogen-bond donors (Lipinski definition) is 1. The Balaban J connectivity index is 1.86. The normalized spacial score (nSPS) is 26.6. The Bertz CT molecular complexity index is 319. The molecule has 1 N–H and O–H groups in total. The van der Waals surface area contributed by atoms with E-state index in [2.05, 4.69) is 28.8 Å². The highest BCUT2D eigenvalue weighted by molar-refractivity contribution is 4.97. The highest BCUT2D eigenvalue weighted by atomic mass is 15.0. The van der Waals surface area contributed by atoms with E-state index >= 15 is 0 Å². The van der Waals surface area contributed by atoms with Gasteiger partial charge in [-0.25, -0.2) is 4.98 Å². The van der Waals surface area contributed by atoms with Crippen molar-refractivity contribution >= 4 is 0 Å². The van der Waals surface area contributed by atoms with Gasteiger partial charge in [0.05, 0.1) is 12.0 Å². The number of nitrogens with one attached hydrogen (secondary N) is 1. The maximum atomic E-state index is 4.15. The van der Waals surface area contributed by atoms with Gasteiger partial charge in [-0.2, -0.15) is 0 Å². The van der Waals surface area contributed by atoms with E-state index in [0.29, 0.717) is 6.04 Å². The maximum absolute atomic E-state index is 4.15. The molecule has 2 atom stereocenters. The maximum Gasteiger partial charge on any atom is 0.0945 e. The minimum Gasteiger partial charge on any atom is -0.337 e. The Hall–Kier alpha value is -0.830. The van der Waals surface area contributed by atoms with Crippen LogP contribution in [0.5, 0.6) is 0 Å². The molecule has 2 rings (SSSR count). The summed E-state index contributed by atoms with van der Waals surface area (Å²) in [4.78, 5) is 4.15. The molecule has 1 fully saturated rings. The standard InChI is InChI=1S/C13H23N3/c1-11-6-4-3-5-7-13(11)15-9-12-8-14-10-16(12)2/h8,10-11,13,15H,3-7,9H2,1-2H3. The zero-order valence-corrected chi connectivity index (χ0v) is 10.4. The third-order valence-corrected chi connectivity index (χ3v) is 3.82. The summed E-state index contributed by atoms with van der Waals surface area (Å²) in [6, 6.07) is 0.692. The van der Waals surface area contributed by atoms with Crippen molar-refractivity contribution in [2.24, 2.45) is 13.0 Å². The fourth-order valence-electron chi connectivity index (χ4n) is 2.59. The third-order valence-electron chi connectivity index (χ3n) is 3.82. The first-order chi connectivity index (χ1) is 7.77. The fraction of sp³-hybridized carbons (Fsp3) is 0.769. The van der Waals surface area contributed by atoms with Crippen molar-refractivity contribution in [3.8, 4) is 0 Å². The Kier molecular flexibility index (Phi) is 3.99. The largest absolute Gasteiger partial charge is 0.337 e. The summed E-state index contributed by atoms with van der Waals surface area (Å²) < 4.78 is 2.09. The minimum atomic E-state index is 0.692. The summed E-state index contributed by atoms with van der Waals surface area (Å²) in [5.74, 6) is 0.815. The number of aryl methyl sites for hydroxylation is 1. The first kappa shape index (κ1) is 11.6. The molecule has 1 aliphatic carbocycles. The summed E-state index contributed by atoms with van der Waals surface area (Å²) >= 11 is 0. The Morgan fingerprint density at radius 2 is 2.19 bits per heavy atom. The zero-order valence-electron chi connectivity index (χ0n) is 10.4. The van der Waals surface area contributed by atoms with Gasteiger partial charge in [-0.1, -0.05) is 26.2 Å². The number of aromatic nitrogens is 2. The van der Waals surface area contributed by atoms with Crippen LogP contribution in [0, 0.1) is 5.92 Å². The number of nitrogens with zero attached hydrogens (tertiary/aromatic N) is 2. The van der Waals surface area contributed by atoms with E-state index in [4.69, 9.17) is 0 Å². The van der Waals surface area contributed by atoms with Crippen molar-refractivity contribution in [2.45, 2.75) is 51.6 Å². The Labute approximate surface area is 98.3 Å². The highest BCUT2D eigenvalue weighted by Gasteiger charge is 2.19. The van der Waals surface area contributed by atoms with Gasteiger partial charge in [0.15, 0.2) is 0 Å². The highest BCUT2D eigenvalue weighted by Crippen LogP contribution is 2.23. The molecule has 0 aliphatic heterocycles. The van der Waals surface area contributed by atoms with Crippen LogP contribution in [-0.4, -0.2) is 15.6 Å². The Morgan fingerprint density at radius 3 is 2.94 bits per heavy atom. The summed E-state index contributed by atoms with van der Waals surface area (Å²) in [5, 5.41) is 3.69. The summed E-state index contributed by atoms with van der Waals surface area (Å²) in [5.41, 5.74) is 1.27. The van der Waals surface area contributed by atoms with Crippen molar-refractivity contribution in [1.29, 1.82) is 0 Å². The van der Waals surface area contributed by atoms with Crippen molar-refractivity contribution < 1.29 is 0 Å². The van der Waals surface area contributed by atoms with E-state index in [9.17, 15) is 0 Å². The van der Waals surface area contributed by atoms with Crippen molar-refractivity contribution in [1.82, 2.24) is 14.9 Å². The molecule has 3 nitrogen and oxygen atoms in total. The summed E-state index contributed by atoms with van der Waals surface area (Å²) in [7, 11) is 2.06. The summed E-state index contributed by atoms with van der Waals surface area (Å²) in [6.45, 7) is 3.33. The van der Waals surface area contributed by atoms with E-state index < -0.39 is 0 Å². The molecule has 1 saturated carbocycles. The van der Waals surface area contributed by atoms with Crippen LogP contribution in [0.3, 0.4) is 0 Å². The lowest BCUT2D eigenvalue weighted by Crippen LogP contribution is -2.34. The molecular weight excluding hydrogens is 198 g/mol. The zero-order chi connectivity index (χ0) is 11.4. The lowest BCUT2D eigenvalue weighted by molar-refractivity contribution is 0.353. The molecule has 1 heterocycles. The van der Waals surface area contributed by atoms with Crippen LogP contribution in [0.4, 0.5) is 0 Å². The molecule has 0 amide bonds. The topological polar surface area (TPSA) is 29.9 Å². The van der Waals surface area contributed by atoms with Gasteiger partial charge in [-0.15, -0.1) is 0 Å². The molecule has 0 aromatic carbocycles. The first-order valence-corrected chi connectivity index (χ1v) is 6.46. The second-order valence-corrected chi connectivity index (χ2v) is 5.10. The SMILES string of the molecule is CC1CCCCCC1NCc1cncn1C. The molecule has 3 heteroatoms.